The minimum absolute atomic E-state index is 0.121. The number of hydrogen-bond donors (Lipinski definition) is 0. The molecule has 0 aromatic rings. The van der Waals surface area contributed by atoms with Crippen LogP contribution in [-0.4, -0.2) is 73.9 Å². The summed E-state index contributed by atoms with van der Waals surface area (Å²) in [6, 6.07) is 0. The Hall–Kier alpha value is -5.52. The molecule has 0 aromatic heterocycles. The van der Waals surface area contributed by atoms with E-state index in [4.69, 9.17) is 28.4 Å². The van der Waals surface area contributed by atoms with Crippen LogP contribution >= 0.6 is 0 Å². The zero-order valence-corrected chi connectivity index (χ0v) is 78.8. The van der Waals surface area contributed by atoms with Crippen molar-refractivity contribution in [2.24, 2.45) is 0 Å². The van der Waals surface area contributed by atoms with Gasteiger partial charge in [-0.3, -0.25) is 28.8 Å². The van der Waals surface area contributed by atoms with Crippen LogP contribution in [0.4, 0.5) is 0 Å². The van der Waals surface area contributed by atoms with Crippen LogP contribution in [0.15, 0.2) is 109 Å². The number of hydrogen-bond acceptors (Lipinski definition) is 12. The van der Waals surface area contributed by atoms with Gasteiger partial charge in [-0.05, 0) is 225 Å². The third-order valence-corrected chi connectivity index (χ3v) is 22.4. The Kier molecular flexibility index (Phi) is 92.8. The summed E-state index contributed by atoms with van der Waals surface area (Å²) in [6.07, 6.45) is 113. The molecular weight excluding hydrogens is 1490 g/mol. The van der Waals surface area contributed by atoms with E-state index in [9.17, 15) is 28.8 Å². The molecule has 0 aliphatic carbocycles. The van der Waals surface area contributed by atoms with Crippen molar-refractivity contribution in [3.63, 3.8) is 0 Å². The molecule has 0 bridgehead atoms. The zero-order chi connectivity index (χ0) is 86.9. The molecule has 0 spiro atoms. The zero-order valence-electron chi connectivity index (χ0n) is 78.8. The topological polar surface area (TPSA) is 158 Å². The largest absolute Gasteiger partial charge is 0.462 e. The predicted octanol–water partition coefficient (Wildman–Crippen LogP) is 32.9. The van der Waals surface area contributed by atoms with Crippen molar-refractivity contribution in [3.8, 4) is 0 Å². The lowest BCUT2D eigenvalue weighted by Crippen LogP contribution is -2.39. The number of ether oxygens (including phenoxy) is 6. The molecule has 0 aliphatic rings. The first-order valence-corrected chi connectivity index (χ1v) is 51.0. The van der Waals surface area contributed by atoms with Crippen LogP contribution in [0.1, 0.15) is 503 Å². The van der Waals surface area contributed by atoms with Crippen molar-refractivity contribution in [3.05, 3.63) is 109 Å². The van der Waals surface area contributed by atoms with Crippen LogP contribution < -0.4 is 0 Å². The van der Waals surface area contributed by atoms with Gasteiger partial charge < -0.3 is 28.4 Å². The summed E-state index contributed by atoms with van der Waals surface area (Å²) in [7, 11) is 0. The molecule has 0 saturated heterocycles. The van der Waals surface area contributed by atoms with Gasteiger partial charge in [0.05, 0.1) is 0 Å². The van der Waals surface area contributed by atoms with E-state index in [1.165, 1.54) is 148 Å². The normalized spacial score (nSPS) is 12.9. The molecule has 0 amide bonds. The predicted molar refractivity (Wildman–Crippen MR) is 510 cm³/mol. The summed E-state index contributed by atoms with van der Waals surface area (Å²) in [4.78, 5) is 79.6. The fourth-order valence-electron chi connectivity index (χ4n) is 14.6. The van der Waals surface area contributed by atoms with Crippen molar-refractivity contribution < 1.29 is 57.2 Å². The van der Waals surface area contributed by atoms with E-state index in [0.717, 1.165) is 276 Å². The summed E-state index contributed by atoms with van der Waals surface area (Å²) in [6.45, 7) is 10.8. The minimum atomic E-state index is -0.869. The van der Waals surface area contributed by atoms with Gasteiger partial charge in [-0.2, -0.15) is 0 Å². The molecule has 3 atom stereocenters. The smallest absolute Gasteiger partial charge is 0.306 e. The summed E-state index contributed by atoms with van der Waals surface area (Å²) in [5.41, 5.74) is 0. The van der Waals surface area contributed by atoms with Gasteiger partial charge in [-0.1, -0.05) is 349 Å². The van der Waals surface area contributed by atoms with Crippen molar-refractivity contribution in [2.45, 2.75) is 522 Å². The number of allylic oxidation sites excluding steroid dienone is 18. The van der Waals surface area contributed by atoms with E-state index in [2.05, 4.69) is 144 Å². The van der Waals surface area contributed by atoms with Gasteiger partial charge in [0.1, 0.15) is 25.9 Å². The number of rotatable bonds is 93. The SMILES string of the molecule is CCCCC/C=C\C/C=C\CCCCCCCC(=O)OCC(COC(=O)CCCCCCC/C=C\C/C=C\CCCCCC(OC(=O)CCCCCCC/C=C\CCCCCC)C(COC(=O)CCCCCCC/C=C\CCCCCC)OC(=O)CCCCCCC/C=C\CCCCCC)OC(=O)CCCCCCC/C=C\C/C=C\CCCCC. The highest BCUT2D eigenvalue weighted by molar-refractivity contribution is 5.72. The van der Waals surface area contributed by atoms with Crippen LogP contribution in [0.25, 0.3) is 0 Å². The third-order valence-electron chi connectivity index (χ3n) is 22.4. The van der Waals surface area contributed by atoms with E-state index in [-0.39, 0.29) is 74.9 Å². The summed E-state index contributed by atoms with van der Waals surface area (Å²) in [5.74, 6) is -1.92. The highest BCUT2D eigenvalue weighted by Crippen LogP contribution is 2.22. The Morgan fingerprint density at radius 2 is 0.367 bits per heavy atom. The fraction of sp³-hybridized carbons (Fsp3) is 0.778. The van der Waals surface area contributed by atoms with Crippen LogP contribution in [0.5, 0.6) is 0 Å². The molecule has 692 valence electrons. The lowest BCUT2D eigenvalue weighted by Gasteiger charge is -2.27. The maximum absolute atomic E-state index is 13.7. The van der Waals surface area contributed by atoms with E-state index < -0.39 is 18.3 Å². The quantitative estimate of drug-likeness (QED) is 0.0246. The lowest BCUT2D eigenvalue weighted by molar-refractivity contribution is -0.176. The number of unbranched alkanes of at least 4 members (excludes halogenated alkanes) is 51. The van der Waals surface area contributed by atoms with E-state index >= 15 is 0 Å². The molecule has 0 rings (SSSR count). The van der Waals surface area contributed by atoms with Crippen molar-refractivity contribution in [1.82, 2.24) is 0 Å². The molecule has 0 heterocycles. The third kappa shape index (κ3) is 90.2. The Balaban J connectivity index is 5.42. The van der Waals surface area contributed by atoms with Gasteiger partial charge in [-0.15, -0.1) is 0 Å². The molecule has 12 heteroatoms. The average Bonchev–Trinajstić information content (AvgIpc) is 1.04. The lowest BCUT2D eigenvalue weighted by atomic mass is 10.0. The number of esters is 6. The highest BCUT2D eigenvalue weighted by Gasteiger charge is 2.30. The van der Waals surface area contributed by atoms with Crippen molar-refractivity contribution in [1.29, 1.82) is 0 Å². The molecule has 0 aliphatic heterocycles. The van der Waals surface area contributed by atoms with Gasteiger partial charge in [0.2, 0.25) is 0 Å². The molecule has 0 N–H and O–H groups in total. The minimum Gasteiger partial charge on any atom is -0.462 e. The maximum Gasteiger partial charge on any atom is 0.306 e. The molecule has 120 heavy (non-hydrogen) atoms. The second-order valence-electron chi connectivity index (χ2n) is 34.2. The van der Waals surface area contributed by atoms with Gasteiger partial charge in [0, 0.05) is 38.5 Å². The summed E-state index contributed by atoms with van der Waals surface area (Å²) < 4.78 is 35.5. The molecular formula is C108H188O12. The average molecular weight is 1680 g/mol. The van der Waals surface area contributed by atoms with Crippen LogP contribution in [-0.2, 0) is 57.2 Å². The number of carbonyl (C=O) groups excluding carboxylic acids is 6. The molecule has 0 saturated carbocycles. The Morgan fingerprint density at radius 1 is 0.183 bits per heavy atom. The van der Waals surface area contributed by atoms with Gasteiger partial charge in [-0.25, -0.2) is 0 Å². The van der Waals surface area contributed by atoms with Gasteiger partial charge in [0.25, 0.3) is 0 Å². The van der Waals surface area contributed by atoms with E-state index in [0.29, 0.717) is 25.7 Å². The first-order chi connectivity index (χ1) is 59.1. The standard InChI is InChI=1S/C108H188O12/c1-6-11-16-21-26-31-36-41-44-52-57-63-70-77-84-91-103(109)115-97-100(118-106(112)94-87-80-73-66-61-54-45-42-37-32-27-22-17-12-7-2)98-116-104(110)92-85-78-71-64-58-53-47-43-46-51-55-62-69-76-83-90-101(119-107(113)95-88-81-74-67-59-49-39-34-29-24-19-14-9-4)102(120-108(114)96-89-82-75-68-60-50-40-35-30-25-20-15-10-5)99-117-105(111)93-86-79-72-65-56-48-38-33-28-23-18-13-8-3/h26-27,31-35,38-45,47,51,55,100-102H,6-25,28-30,36-37,46,48-50,52-54,56-99H2,1-5H3/b31-26-,32-27-,38-33-,39-34-,40-35-,44-41-,45-42-,47-43-,55-51-. The first kappa shape index (κ1) is 114. The monoisotopic (exact) mass is 1680 g/mol. The summed E-state index contributed by atoms with van der Waals surface area (Å²) in [5, 5.41) is 0. The van der Waals surface area contributed by atoms with Crippen LogP contribution in [0, 0.1) is 0 Å². The van der Waals surface area contributed by atoms with E-state index in [1.807, 2.05) is 0 Å². The molecule has 3 unspecified atom stereocenters. The van der Waals surface area contributed by atoms with Crippen molar-refractivity contribution in [2.75, 3.05) is 19.8 Å². The second kappa shape index (κ2) is 97.3. The first-order valence-electron chi connectivity index (χ1n) is 51.0. The molecule has 0 radical (unpaired) electrons. The Labute approximate surface area is 739 Å². The molecule has 12 nitrogen and oxygen atoms in total. The van der Waals surface area contributed by atoms with Crippen molar-refractivity contribution >= 4 is 35.8 Å². The number of carbonyl (C=O) groups is 6. The second-order valence-corrected chi connectivity index (χ2v) is 34.2. The maximum atomic E-state index is 13.7. The van der Waals surface area contributed by atoms with Gasteiger partial charge in [0.15, 0.2) is 12.2 Å². The highest BCUT2D eigenvalue weighted by atomic mass is 16.6. The van der Waals surface area contributed by atoms with Crippen LogP contribution in [0.2, 0.25) is 0 Å². The van der Waals surface area contributed by atoms with Gasteiger partial charge >= 0.3 is 35.8 Å². The Morgan fingerprint density at radius 3 is 0.633 bits per heavy atom. The molecule has 0 aromatic carbocycles. The molecule has 0 fully saturated rings. The fourth-order valence-corrected chi connectivity index (χ4v) is 14.6. The Bertz CT molecular complexity index is 2550. The van der Waals surface area contributed by atoms with Crippen LogP contribution in [0.3, 0.4) is 0 Å². The van der Waals surface area contributed by atoms with E-state index in [1.54, 1.807) is 0 Å². The summed E-state index contributed by atoms with van der Waals surface area (Å²) >= 11 is 0.